The van der Waals surface area contributed by atoms with E-state index in [1.54, 1.807) is 0 Å². The van der Waals surface area contributed by atoms with Crippen LogP contribution in [0.1, 0.15) is 51.9 Å². The Hall–Kier alpha value is -0.570. The van der Waals surface area contributed by atoms with Gasteiger partial charge in [0.05, 0.1) is 0 Å². The molecule has 2 aliphatic carbocycles. The molecule has 1 aliphatic heterocycles. The number of rotatable bonds is 1. The molecule has 3 fully saturated rings. The lowest BCUT2D eigenvalue weighted by atomic mass is 9.65. The van der Waals surface area contributed by atoms with E-state index in [0.29, 0.717) is 29.8 Å². The summed E-state index contributed by atoms with van der Waals surface area (Å²) in [6.07, 6.45) is 8.30. The van der Waals surface area contributed by atoms with E-state index in [0.717, 1.165) is 19.4 Å². The van der Waals surface area contributed by atoms with Crippen molar-refractivity contribution in [1.82, 2.24) is 4.90 Å². The standard InChI is InChI=1S/C15H26N2O/c1-10-4-3-7-17(10)15(18)13-8-11-5-2-6-12(9-13)14(11)16/h10-14H,2-9,16H2,1H3. The second-order valence-corrected chi connectivity index (χ2v) is 6.72. The highest BCUT2D eigenvalue weighted by atomic mass is 16.2. The number of carbonyl (C=O) groups is 1. The summed E-state index contributed by atoms with van der Waals surface area (Å²) in [7, 11) is 0. The summed E-state index contributed by atoms with van der Waals surface area (Å²) in [6.45, 7) is 3.18. The number of nitrogens with zero attached hydrogens (tertiary/aromatic N) is 1. The molecule has 3 atom stereocenters. The molecular weight excluding hydrogens is 224 g/mol. The Morgan fingerprint density at radius 1 is 1.11 bits per heavy atom. The van der Waals surface area contributed by atoms with Crippen LogP contribution in [0.5, 0.6) is 0 Å². The third-order valence-electron chi connectivity index (χ3n) is 5.60. The minimum atomic E-state index is 0.278. The van der Waals surface area contributed by atoms with Gasteiger partial charge in [0.2, 0.25) is 5.91 Å². The monoisotopic (exact) mass is 250 g/mol. The Bertz CT molecular complexity index is 316. The number of amides is 1. The van der Waals surface area contributed by atoms with Gasteiger partial charge in [-0.3, -0.25) is 4.79 Å². The van der Waals surface area contributed by atoms with Crippen LogP contribution >= 0.6 is 0 Å². The van der Waals surface area contributed by atoms with Crippen LogP contribution in [0.4, 0.5) is 0 Å². The summed E-state index contributed by atoms with van der Waals surface area (Å²) in [5.74, 6) is 1.94. The van der Waals surface area contributed by atoms with Crippen molar-refractivity contribution in [3.05, 3.63) is 0 Å². The van der Waals surface area contributed by atoms with Gasteiger partial charge in [-0.1, -0.05) is 6.42 Å². The maximum Gasteiger partial charge on any atom is 0.225 e. The normalized spacial score (nSPS) is 44.1. The summed E-state index contributed by atoms with van der Waals surface area (Å²) >= 11 is 0. The first-order chi connectivity index (χ1) is 8.66. The van der Waals surface area contributed by atoms with Crippen molar-refractivity contribution in [3.8, 4) is 0 Å². The number of likely N-dealkylation sites (tertiary alicyclic amines) is 1. The van der Waals surface area contributed by atoms with Crippen LogP contribution in [0.2, 0.25) is 0 Å². The lowest BCUT2D eigenvalue weighted by Crippen LogP contribution is -2.50. The van der Waals surface area contributed by atoms with Crippen molar-refractivity contribution < 1.29 is 4.79 Å². The van der Waals surface area contributed by atoms with Crippen molar-refractivity contribution in [2.24, 2.45) is 23.5 Å². The van der Waals surface area contributed by atoms with Crippen molar-refractivity contribution in [3.63, 3.8) is 0 Å². The highest BCUT2D eigenvalue weighted by molar-refractivity contribution is 5.79. The van der Waals surface area contributed by atoms with E-state index in [4.69, 9.17) is 5.73 Å². The van der Waals surface area contributed by atoms with Crippen LogP contribution in [0.15, 0.2) is 0 Å². The molecule has 1 amide bonds. The second-order valence-electron chi connectivity index (χ2n) is 6.72. The molecular formula is C15H26N2O. The lowest BCUT2D eigenvalue weighted by Gasteiger charge is -2.44. The summed E-state index contributed by atoms with van der Waals surface area (Å²) in [5, 5.41) is 0. The topological polar surface area (TPSA) is 46.3 Å². The number of nitrogens with two attached hydrogens (primary N) is 1. The Labute approximate surface area is 110 Å². The Kier molecular flexibility index (Phi) is 3.35. The van der Waals surface area contributed by atoms with Crippen LogP contribution in [0.3, 0.4) is 0 Å². The van der Waals surface area contributed by atoms with Gasteiger partial charge in [-0.05, 0) is 57.3 Å². The second kappa shape index (κ2) is 4.84. The molecule has 0 aromatic rings. The average Bonchev–Trinajstić information content (AvgIpc) is 2.74. The van der Waals surface area contributed by atoms with E-state index in [9.17, 15) is 4.79 Å². The highest BCUT2D eigenvalue weighted by Gasteiger charge is 2.42. The molecule has 3 nitrogen and oxygen atoms in total. The van der Waals surface area contributed by atoms with Crippen LogP contribution in [0, 0.1) is 17.8 Å². The lowest BCUT2D eigenvalue weighted by molar-refractivity contribution is -0.139. The summed E-state index contributed by atoms with van der Waals surface area (Å²) in [6, 6.07) is 0.840. The van der Waals surface area contributed by atoms with Gasteiger partial charge in [-0.2, -0.15) is 0 Å². The van der Waals surface area contributed by atoms with Crippen LogP contribution in [0.25, 0.3) is 0 Å². The zero-order valence-electron chi connectivity index (χ0n) is 11.5. The van der Waals surface area contributed by atoms with Crippen molar-refractivity contribution in [2.45, 2.75) is 64.0 Å². The van der Waals surface area contributed by atoms with Gasteiger partial charge in [-0.15, -0.1) is 0 Å². The zero-order chi connectivity index (χ0) is 12.7. The smallest absolute Gasteiger partial charge is 0.225 e. The largest absolute Gasteiger partial charge is 0.340 e. The van der Waals surface area contributed by atoms with Gasteiger partial charge in [0.1, 0.15) is 0 Å². The first-order valence-electron chi connectivity index (χ1n) is 7.73. The highest BCUT2D eigenvalue weighted by Crippen LogP contribution is 2.42. The van der Waals surface area contributed by atoms with Gasteiger partial charge in [-0.25, -0.2) is 0 Å². The molecule has 1 saturated heterocycles. The SMILES string of the molecule is CC1CCCN1C(=O)C1CC2CCCC(C1)C2N. The molecule has 2 saturated carbocycles. The maximum absolute atomic E-state index is 12.6. The maximum atomic E-state index is 12.6. The Morgan fingerprint density at radius 3 is 2.33 bits per heavy atom. The third kappa shape index (κ3) is 2.07. The van der Waals surface area contributed by atoms with E-state index < -0.39 is 0 Å². The fourth-order valence-electron chi connectivity index (χ4n) is 4.49. The van der Waals surface area contributed by atoms with Crippen LogP contribution in [-0.4, -0.2) is 29.4 Å². The molecule has 3 rings (SSSR count). The van der Waals surface area contributed by atoms with Crippen molar-refractivity contribution >= 4 is 5.91 Å². The molecule has 3 unspecified atom stereocenters. The first-order valence-corrected chi connectivity index (χ1v) is 7.73. The Balaban J connectivity index is 1.68. The third-order valence-corrected chi connectivity index (χ3v) is 5.60. The first kappa shape index (κ1) is 12.5. The van der Waals surface area contributed by atoms with Gasteiger partial charge in [0.15, 0.2) is 0 Å². The predicted molar refractivity (Wildman–Crippen MR) is 71.9 cm³/mol. The zero-order valence-corrected chi connectivity index (χ0v) is 11.5. The average molecular weight is 250 g/mol. The van der Waals surface area contributed by atoms with E-state index >= 15 is 0 Å². The summed E-state index contributed by atoms with van der Waals surface area (Å²) in [4.78, 5) is 14.8. The summed E-state index contributed by atoms with van der Waals surface area (Å²) in [5.41, 5.74) is 6.30. The predicted octanol–water partition coefficient (Wildman–Crippen LogP) is 2.15. The molecule has 18 heavy (non-hydrogen) atoms. The van der Waals surface area contributed by atoms with Crippen molar-refractivity contribution in [1.29, 1.82) is 0 Å². The van der Waals surface area contributed by atoms with Crippen LogP contribution < -0.4 is 5.73 Å². The molecule has 0 spiro atoms. The molecule has 2 bridgehead atoms. The van der Waals surface area contributed by atoms with E-state index in [2.05, 4.69) is 11.8 Å². The quantitative estimate of drug-likeness (QED) is 0.775. The van der Waals surface area contributed by atoms with Gasteiger partial charge >= 0.3 is 0 Å². The van der Waals surface area contributed by atoms with E-state index in [-0.39, 0.29) is 5.92 Å². The molecule has 0 aromatic carbocycles. The van der Waals surface area contributed by atoms with Gasteiger partial charge < -0.3 is 10.6 Å². The Morgan fingerprint density at radius 2 is 1.78 bits per heavy atom. The molecule has 1 heterocycles. The fourth-order valence-corrected chi connectivity index (χ4v) is 4.49. The number of carbonyl (C=O) groups excluding carboxylic acids is 1. The van der Waals surface area contributed by atoms with E-state index in [1.807, 2.05) is 0 Å². The molecule has 3 heteroatoms. The molecule has 102 valence electrons. The van der Waals surface area contributed by atoms with Crippen LogP contribution in [-0.2, 0) is 4.79 Å². The van der Waals surface area contributed by atoms with E-state index in [1.165, 1.54) is 32.1 Å². The molecule has 0 radical (unpaired) electrons. The van der Waals surface area contributed by atoms with Gasteiger partial charge in [0, 0.05) is 24.5 Å². The number of fused-ring (bicyclic) bond motifs is 2. The molecule has 2 N–H and O–H groups in total. The minimum absolute atomic E-state index is 0.278. The summed E-state index contributed by atoms with van der Waals surface area (Å²) < 4.78 is 0. The fraction of sp³-hybridized carbons (Fsp3) is 0.933. The minimum Gasteiger partial charge on any atom is -0.340 e. The van der Waals surface area contributed by atoms with Gasteiger partial charge in [0.25, 0.3) is 0 Å². The number of hydrogen-bond acceptors (Lipinski definition) is 2. The molecule has 0 aromatic heterocycles. The molecule has 3 aliphatic rings. The number of hydrogen-bond donors (Lipinski definition) is 1. The van der Waals surface area contributed by atoms with Crippen molar-refractivity contribution in [2.75, 3.05) is 6.54 Å².